The zero-order valence-corrected chi connectivity index (χ0v) is 11.1. The van der Waals surface area contributed by atoms with Crippen molar-refractivity contribution in [3.05, 3.63) is 35.1 Å². The zero-order chi connectivity index (χ0) is 14.4. The summed E-state index contributed by atoms with van der Waals surface area (Å²) in [5.74, 6) is -1.30. The van der Waals surface area contributed by atoms with E-state index in [2.05, 4.69) is 0 Å². The molecule has 5 heteroatoms. The molecule has 1 aromatic rings. The van der Waals surface area contributed by atoms with E-state index in [0.29, 0.717) is 24.2 Å². The second-order valence-corrected chi connectivity index (χ2v) is 4.42. The Balaban J connectivity index is 2.87. The SMILES string of the molecule is CCN(Cc1ccc(F)cc1C#N)C(C)CC(=O)O. The Morgan fingerprint density at radius 1 is 1.58 bits per heavy atom. The summed E-state index contributed by atoms with van der Waals surface area (Å²) in [5, 5.41) is 17.8. The molecule has 0 aromatic heterocycles. The van der Waals surface area contributed by atoms with Gasteiger partial charge in [-0.25, -0.2) is 4.39 Å². The average Bonchev–Trinajstić information content (AvgIpc) is 2.36. The molecule has 0 aliphatic carbocycles. The first-order valence-corrected chi connectivity index (χ1v) is 6.12. The van der Waals surface area contributed by atoms with Gasteiger partial charge in [0, 0.05) is 12.6 Å². The van der Waals surface area contributed by atoms with Crippen LogP contribution in [0.1, 0.15) is 31.4 Å². The quantitative estimate of drug-likeness (QED) is 0.856. The van der Waals surface area contributed by atoms with Crippen molar-refractivity contribution in [3.63, 3.8) is 0 Å². The number of hydrogen-bond acceptors (Lipinski definition) is 3. The number of carbonyl (C=O) groups is 1. The molecule has 0 aliphatic rings. The maximum atomic E-state index is 13.0. The van der Waals surface area contributed by atoms with E-state index >= 15 is 0 Å². The van der Waals surface area contributed by atoms with Crippen LogP contribution < -0.4 is 0 Å². The molecular weight excluding hydrogens is 247 g/mol. The summed E-state index contributed by atoms with van der Waals surface area (Å²) in [6.45, 7) is 4.85. The van der Waals surface area contributed by atoms with E-state index in [9.17, 15) is 9.18 Å². The second-order valence-electron chi connectivity index (χ2n) is 4.42. The van der Waals surface area contributed by atoms with E-state index in [-0.39, 0.29) is 12.5 Å². The van der Waals surface area contributed by atoms with E-state index in [1.807, 2.05) is 24.8 Å². The predicted molar refractivity (Wildman–Crippen MR) is 68.9 cm³/mol. The number of carboxylic acids is 1. The van der Waals surface area contributed by atoms with E-state index in [4.69, 9.17) is 10.4 Å². The van der Waals surface area contributed by atoms with Gasteiger partial charge in [0.2, 0.25) is 0 Å². The topological polar surface area (TPSA) is 64.3 Å². The highest BCUT2D eigenvalue weighted by atomic mass is 19.1. The van der Waals surface area contributed by atoms with Crippen LogP contribution in [0.15, 0.2) is 18.2 Å². The van der Waals surface area contributed by atoms with Crippen molar-refractivity contribution in [1.29, 1.82) is 5.26 Å². The first-order chi connectivity index (χ1) is 8.97. The largest absolute Gasteiger partial charge is 0.481 e. The van der Waals surface area contributed by atoms with Crippen molar-refractivity contribution in [2.24, 2.45) is 0 Å². The van der Waals surface area contributed by atoms with Gasteiger partial charge in [-0.15, -0.1) is 0 Å². The maximum absolute atomic E-state index is 13.0. The summed E-state index contributed by atoms with van der Waals surface area (Å²) >= 11 is 0. The van der Waals surface area contributed by atoms with Crippen LogP contribution in [0.4, 0.5) is 4.39 Å². The fourth-order valence-corrected chi connectivity index (χ4v) is 1.97. The van der Waals surface area contributed by atoms with Gasteiger partial charge < -0.3 is 5.11 Å². The number of nitriles is 1. The fourth-order valence-electron chi connectivity index (χ4n) is 1.97. The smallest absolute Gasteiger partial charge is 0.304 e. The lowest BCUT2D eigenvalue weighted by molar-refractivity contribution is -0.138. The molecule has 0 saturated heterocycles. The zero-order valence-electron chi connectivity index (χ0n) is 11.1. The Kier molecular flexibility index (Phi) is 5.46. The highest BCUT2D eigenvalue weighted by molar-refractivity contribution is 5.67. The van der Waals surface area contributed by atoms with Gasteiger partial charge in [0.25, 0.3) is 0 Å². The van der Waals surface area contributed by atoms with Gasteiger partial charge in [-0.05, 0) is 31.2 Å². The highest BCUT2D eigenvalue weighted by Gasteiger charge is 2.17. The number of halogens is 1. The normalized spacial score (nSPS) is 12.2. The third-order valence-electron chi connectivity index (χ3n) is 3.07. The standard InChI is InChI=1S/C14H17FN2O2/c1-3-17(10(2)6-14(18)19)9-11-4-5-13(15)7-12(11)8-16/h4-5,7,10H,3,6,9H2,1-2H3,(H,18,19). The van der Waals surface area contributed by atoms with Crippen LogP contribution in [0.2, 0.25) is 0 Å². The van der Waals surface area contributed by atoms with Crippen LogP contribution in [0.3, 0.4) is 0 Å². The monoisotopic (exact) mass is 264 g/mol. The van der Waals surface area contributed by atoms with Crippen LogP contribution in [-0.2, 0) is 11.3 Å². The number of rotatable bonds is 6. The molecule has 1 N–H and O–H groups in total. The van der Waals surface area contributed by atoms with Crippen molar-refractivity contribution in [2.75, 3.05) is 6.54 Å². The number of benzene rings is 1. The van der Waals surface area contributed by atoms with Crippen molar-refractivity contribution in [2.45, 2.75) is 32.9 Å². The van der Waals surface area contributed by atoms with E-state index in [1.165, 1.54) is 12.1 Å². The molecule has 0 fully saturated rings. The molecule has 1 unspecified atom stereocenters. The van der Waals surface area contributed by atoms with Crippen LogP contribution in [-0.4, -0.2) is 28.6 Å². The number of carboxylic acid groups (broad SMARTS) is 1. The molecule has 1 atom stereocenters. The number of nitrogens with zero attached hydrogens (tertiary/aromatic N) is 2. The van der Waals surface area contributed by atoms with Gasteiger partial charge in [-0.3, -0.25) is 9.69 Å². The van der Waals surface area contributed by atoms with E-state index < -0.39 is 11.8 Å². The first kappa shape index (κ1) is 15.1. The average molecular weight is 264 g/mol. The summed E-state index contributed by atoms with van der Waals surface area (Å²) in [7, 11) is 0. The molecule has 0 aliphatic heterocycles. The molecule has 102 valence electrons. The molecule has 0 saturated carbocycles. The number of hydrogen-bond donors (Lipinski definition) is 1. The van der Waals surface area contributed by atoms with Gasteiger partial charge in [0.1, 0.15) is 5.82 Å². The first-order valence-electron chi connectivity index (χ1n) is 6.12. The minimum Gasteiger partial charge on any atom is -0.481 e. The highest BCUT2D eigenvalue weighted by Crippen LogP contribution is 2.15. The van der Waals surface area contributed by atoms with Gasteiger partial charge in [-0.2, -0.15) is 5.26 Å². The Hall–Kier alpha value is -1.93. The van der Waals surface area contributed by atoms with E-state index in [0.717, 1.165) is 0 Å². The van der Waals surface area contributed by atoms with Crippen LogP contribution in [0, 0.1) is 17.1 Å². The Morgan fingerprint density at radius 3 is 2.79 bits per heavy atom. The predicted octanol–water partition coefficient (Wildman–Crippen LogP) is 2.38. The lowest BCUT2D eigenvalue weighted by Gasteiger charge is -2.27. The van der Waals surface area contributed by atoms with Crippen LogP contribution >= 0.6 is 0 Å². The van der Waals surface area contributed by atoms with Gasteiger partial charge in [-0.1, -0.05) is 13.0 Å². The molecular formula is C14H17FN2O2. The van der Waals surface area contributed by atoms with Crippen LogP contribution in [0.25, 0.3) is 0 Å². The lowest BCUT2D eigenvalue weighted by Crippen LogP contribution is -2.34. The van der Waals surface area contributed by atoms with Gasteiger partial charge >= 0.3 is 5.97 Å². The Bertz CT molecular complexity index is 497. The van der Waals surface area contributed by atoms with Gasteiger partial charge in [0.05, 0.1) is 18.1 Å². The summed E-state index contributed by atoms with van der Waals surface area (Å²) in [6, 6.07) is 5.91. The van der Waals surface area contributed by atoms with Gasteiger partial charge in [0.15, 0.2) is 0 Å². The third kappa shape index (κ3) is 4.34. The van der Waals surface area contributed by atoms with Crippen LogP contribution in [0.5, 0.6) is 0 Å². The molecule has 4 nitrogen and oxygen atoms in total. The maximum Gasteiger partial charge on any atom is 0.304 e. The Labute approximate surface area is 112 Å². The van der Waals surface area contributed by atoms with Crippen molar-refractivity contribution in [3.8, 4) is 6.07 Å². The summed E-state index contributed by atoms with van der Waals surface area (Å²) in [6.07, 6.45) is 0.0386. The minimum absolute atomic E-state index is 0.0386. The molecule has 0 heterocycles. The molecule has 1 aromatic carbocycles. The van der Waals surface area contributed by atoms with Crippen molar-refractivity contribution >= 4 is 5.97 Å². The molecule has 0 spiro atoms. The Morgan fingerprint density at radius 2 is 2.26 bits per heavy atom. The van der Waals surface area contributed by atoms with Crippen molar-refractivity contribution in [1.82, 2.24) is 4.90 Å². The molecule has 0 bridgehead atoms. The summed E-state index contributed by atoms with van der Waals surface area (Å²) in [5.41, 5.74) is 1.00. The number of aliphatic carboxylic acids is 1. The second kappa shape index (κ2) is 6.86. The fraction of sp³-hybridized carbons (Fsp3) is 0.429. The van der Waals surface area contributed by atoms with E-state index in [1.54, 1.807) is 6.07 Å². The summed E-state index contributed by atoms with van der Waals surface area (Å²) < 4.78 is 13.0. The van der Waals surface area contributed by atoms with Crippen molar-refractivity contribution < 1.29 is 14.3 Å². The molecule has 0 radical (unpaired) electrons. The summed E-state index contributed by atoms with van der Waals surface area (Å²) in [4.78, 5) is 12.7. The molecule has 1 rings (SSSR count). The lowest BCUT2D eigenvalue weighted by atomic mass is 10.1. The third-order valence-corrected chi connectivity index (χ3v) is 3.07. The minimum atomic E-state index is -0.856. The molecule has 0 amide bonds. The molecule has 19 heavy (non-hydrogen) atoms.